The van der Waals surface area contributed by atoms with Crippen molar-refractivity contribution in [2.24, 2.45) is 11.3 Å². The van der Waals surface area contributed by atoms with Gasteiger partial charge in [-0.1, -0.05) is 51.1 Å². The van der Waals surface area contributed by atoms with Crippen molar-refractivity contribution in [2.75, 3.05) is 19.0 Å². The van der Waals surface area contributed by atoms with Crippen LogP contribution in [0.5, 0.6) is 5.75 Å². The van der Waals surface area contributed by atoms with Crippen molar-refractivity contribution < 1.29 is 9.53 Å². The molecule has 0 fully saturated rings. The van der Waals surface area contributed by atoms with Crippen LogP contribution in [-0.2, 0) is 4.79 Å². The third-order valence-corrected chi connectivity index (χ3v) is 4.76. The topological polar surface area (TPSA) is 38.3 Å². The predicted octanol–water partition coefficient (Wildman–Crippen LogP) is 4.48. The van der Waals surface area contributed by atoms with Crippen molar-refractivity contribution in [3.8, 4) is 5.75 Å². The molecule has 0 unspecified atom stereocenters. The van der Waals surface area contributed by atoms with E-state index in [1.54, 1.807) is 7.11 Å². The molecule has 3 heteroatoms. The molecule has 3 rings (SSSR count). The standard InChI is InChI=1S/C21H25NO2/c1-21(2,3)20(23)17-13-22-18-8-6-5-7-16(18)19(17)14-9-11-15(24-4)12-10-14/h5-12,17,19,22H,13H2,1-4H3/t17-,19-/m0/s1. The molecule has 0 radical (unpaired) electrons. The Labute approximate surface area is 144 Å². The van der Waals surface area contributed by atoms with Crippen molar-refractivity contribution in [3.63, 3.8) is 0 Å². The van der Waals surface area contributed by atoms with Gasteiger partial charge in [0.15, 0.2) is 0 Å². The summed E-state index contributed by atoms with van der Waals surface area (Å²) in [7, 11) is 1.67. The smallest absolute Gasteiger partial charge is 0.143 e. The van der Waals surface area contributed by atoms with Gasteiger partial charge in [-0.2, -0.15) is 0 Å². The quantitative estimate of drug-likeness (QED) is 0.905. The van der Waals surface area contributed by atoms with E-state index in [0.717, 1.165) is 17.0 Å². The zero-order chi connectivity index (χ0) is 17.3. The van der Waals surface area contributed by atoms with Gasteiger partial charge in [0, 0.05) is 29.5 Å². The number of ether oxygens (including phenoxy) is 1. The van der Waals surface area contributed by atoms with E-state index in [2.05, 4.69) is 29.6 Å². The van der Waals surface area contributed by atoms with Crippen LogP contribution in [0.1, 0.15) is 37.8 Å². The summed E-state index contributed by atoms with van der Waals surface area (Å²) >= 11 is 0. The van der Waals surface area contributed by atoms with Crippen LogP contribution in [0.15, 0.2) is 48.5 Å². The molecule has 0 amide bonds. The number of Topliss-reactive ketones (excluding diaryl/α,β-unsaturated/α-hetero) is 1. The highest BCUT2D eigenvalue weighted by atomic mass is 16.5. The van der Waals surface area contributed by atoms with Gasteiger partial charge >= 0.3 is 0 Å². The number of methoxy groups -OCH3 is 1. The van der Waals surface area contributed by atoms with Crippen LogP contribution in [0.25, 0.3) is 0 Å². The number of benzene rings is 2. The van der Waals surface area contributed by atoms with Gasteiger partial charge in [0.2, 0.25) is 0 Å². The lowest BCUT2D eigenvalue weighted by molar-refractivity contribution is -0.130. The number of anilines is 1. The number of fused-ring (bicyclic) bond motifs is 1. The van der Waals surface area contributed by atoms with Crippen molar-refractivity contribution in [1.29, 1.82) is 0 Å². The van der Waals surface area contributed by atoms with Crippen molar-refractivity contribution in [3.05, 3.63) is 59.7 Å². The molecule has 1 aliphatic rings. The number of ketones is 1. The highest BCUT2D eigenvalue weighted by molar-refractivity contribution is 5.89. The highest BCUT2D eigenvalue weighted by Crippen LogP contribution is 2.42. The maximum absolute atomic E-state index is 13.1. The zero-order valence-corrected chi connectivity index (χ0v) is 14.8. The maximum atomic E-state index is 13.1. The fraction of sp³-hybridized carbons (Fsp3) is 0.381. The van der Waals surface area contributed by atoms with Crippen LogP contribution in [-0.4, -0.2) is 19.4 Å². The Hall–Kier alpha value is -2.29. The molecule has 1 N–H and O–H groups in total. The minimum atomic E-state index is -0.358. The van der Waals surface area contributed by atoms with Crippen LogP contribution in [0, 0.1) is 11.3 Å². The van der Waals surface area contributed by atoms with Gasteiger partial charge < -0.3 is 10.1 Å². The van der Waals surface area contributed by atoms with E-state index in [1.807, 2.05) is 45.0 Å². The van der Waals surface area contributed by atoms with Crippen molar-refractivity contribution in [2.45, 2.75) is 26.7 Å². The average Bonchev–Trinajstić information content (AvgIpc) is 2.59. The summed E-state index contributed by atoms with van der Waals surface area (Å²) in [6.45, 7) is 6.67. The van der Waals surface area contributed by atoms with E-state index in [-0.39, 0.29) is 17.3 Å². The van der Waals surface area contributed by atoms with E-state index in [1.165, 1.54) is 5.56 Å². The first kappa shape index (κ1) is 16.6. The minimum absolute atomic E-state index is 0.0695. The first-order valence-corrected chi connectivity index (χ1v) is 8.43. The molecular weight excluding hydrogens is 298 g/mol. The van der Waals surface area contributed by atoms with E-state index in [9.17, 15) is 4.79 Å². The largest absolute Gasteiger partial charge is 0.497 e. The van der Waals surface area contributed by atoms with Gasteiger partial charge in [-0.15, -0.1) is 0 Å². The number of carbonyl (C=O) groups excluding carboxylic acids is 1. The molecule has 0 aromatic heterocycles. The first-order chi connectivity index (χ1) is 11.4. The Morgan fingerprint density at radius 2 is 1.75 bits per heavy atom. The van der Waals surface area contributed by atoms with Gasteiger partial charge in [-0.05, 0) is 29.3 Å². The molecule has 3 nitrogen and oxygen atoms in total. The molecule has 0 bridgehead atoms. The van der Waals surface area contributed by atoms with Gasteiger partial charge in [0.1, 0.15) is 11.5 Å². The summed E-state index contributed by atoms with van der Waals surface area (Å²) in [6, 6.07) is 16.4. The second-order valence-corrected chi connectivity index (χ2v) is 7.44. The number of carbonyl (C=O) groups is 1. The minimum Gasteiger partial charge on any atom is -0.497 e. The van der Waals surface area contributed by atoms with Crippen molar-refractivity contribution in [1.82, 2.24) is 0 Å². The Bertz CT molecular complexity index is 728. The molecule has 126 valence electrons. The SMILES string of the molecule is COc1ccc([C@H]2c3ccccc3NC[C@@H]2C(=O)C(C)(C)C)cc1. The molecule has 0 aliphatic carbocycles. The Morgan fingerprint density at radius 3 is 2.38 bits per heavy atom. The van der Waals surface area contributed by atoms with Crippen LogP contribution in [0.4, 0.5) is 5.69 Å². The van der Waals surface area contributed by atoms with E-state index in [0.29, 0.717) is 12.3 Å². The first-order valence-electron chi connectivity index (χ1n) is 8.43. The van der Waals surface area contributed by atoms with Crippen LogP contribution in [0.2, 0.25) is 0 Å². The van der Waals surface area contributed by atoms with Crippen LogP contribution < -0.4 is 10.1 Å². The second-order valence-electron chi connectivity index (χ2n) is 7.44. The van der Waals surface area contributed by atoms with Gasteiger partial charge in [0.25, 0.3) is 0 Å². The Balaban J connectivity index is 2.08. The molecule has 0 saturated carbocycles. The van der Waals surface area contributed by atoms with E-state index in [4.69, 9.17) is 4.74 Å². The third-order valence-electron chi connectivity index (χ3n) is 4.76. The van der Waals surface area contributed by atoms with Crippen LogP contribution in [0.3, 0.4) is 0 Å². The molecule has 1 aliphatic heterocycles. The number of hydrogen-bond donors (Lipinski definition) is 1. The summed E-state index contributed by atoms with van der Waals surface area (Å²) in [5, 5.41) is 3.44. The number of nitrogens with one attached hydrogen (secondary N) is 1. The zero-order valence-electron chi connectivity index (χ0n) is 14.8. The fourth-order valence-electron chi connectivity index (χ4n) is 3.51. The molecule has 2 aromatic carbocycles. The molecule has 2 atom stereocenters. The fourth-order valence-corrected chi connectivity index (χ4v) is 3.51. The highest BCUT2D eigenvalue weighted by Gasteiger charge is 2.39. The molecule has 0 spiro atoms. The Kier molecular flexibility index (Phi) is 4.35. The average molecular weight is 323 g/mol. The monoisotopic (exact) mass is 323 g/mol. The summed E-state index contributed by atoms with van der Waals surface area (Å²) in [6.07, 6.45) is 0. The maximum Gasteiger partial charge on any atom is 0.143 e. The van der Waals surface area contributed by atoms with Crippen molar-refractivity contribution >= 4 is 11.5 Å². The number of para-hydroxylation sites is 1. The summed E-state index contributed by atoms with van der Waals surface area (Å²) < 4.78 is 5.28. The summed E-state index contributed by atoms with van der Waals surface area (Å²) in [4.78, 5) is 13.1. The summed E-state index contributed by atoms with van der Waals surface area (Å²) in [5.41, 5.74) is 3.11. The van der Waals surface area contributed by atoms with Gasteiger partial charge in [-0.3, -0.25) is 4.79 Å². The molecular formula is C21H25NO2. The van der Waals surface area contributed by atoms with E-state index >= 15 is 0 Å². The normalized spacial score (nSPS) is 20.0. The second kappa shape index (κ2) is 6.31. The van der Waals surface area contributed by atoms with E-state index < -0.39 is 0 Å². The third kappa shape index (κ3) is 3.03. The lowest BCUT2D eigenvalue weighted by Gasteiger charge is -2.37. The molecule has 2 aromatic rings. The lowest BCUT2D eigenvalue weighted by Crippen LogP contribution is -2.39. The van der Waals surface area contributed by atoms with Gasteiger partial charge in [-0.25, -0.2) is 0 Å². The Morgan fingerprint density at radius 1 is 1.08 bits per heavy atom. The molecule has 24 heavy (non-hydrogen) atoms. The van der Waals surface area contributed by atoms with Crippen LogP contribution >= 0.6 is 0 Å². The number of rotatable bonds is 3. The predicted molar refractivity (Wildman–Crippen MR) is 97.7 cm³/mol. The molecule has 0 saturated heterocycles. The van der Waals surface area contributed by atoms with Gasteiger partial charge in [0.05, 0.1) is 7.11 Å². The summed E-state index contributed by atoms with van der Waals surface area (Å²) in [5.74, 6) is 1.12. The lowest BCUT2D eigenvalue weighted by atomic mass is 9.70. The molecule has 1 heterocycles. The number of hydrogen-bond acceptors (Lipinski definition) is 3.